The van der Waals surface area contributed by atoms with Crippen LogP contribution in [0.4, 0.5) is 0 Å². The molecule has 0 spiro atoms. The maximum atomic E-state index is 4.93. The second kappa shape index (κ2) is 15.1. The van der Waals surface area contributed by atoms with Crippen LogP contribution in [-0.4, -0.2) is 29.1 Å². The van der Waals surface area contributed by atoms with Crippen molar-refractivity contribution in [3.63, 3.8) is 0 Å². The number of benzene rings is 8. The van der Waals surface area contributed by atoms with E-state index in [1.165, 1.54) is 41.1 Å². The fraction of sp³-hybridized carbons (Fsp3) is 0. The monoisotopic (exact) mass is 826 g/mol. The minimum Gasteiger partial charge on any atom is -0.278 e. The molecule has 0 amide bonds. The Hall–Kier alpha value is -8.13. The van der Waals surface area contributed by atoms with Crippen LogP contribution in [0.2, 0.25) is 0 Å². The Morgan fingerprint density at radius 2 is 0.524 bits per heavy atom. The van der Waals surface area contributed by atoms with E-state index in [1.54, 1.807) is 0 Å². The Morgan fingerprint density at radius 1 is 0.254 bits per heavy atom. The Morgan fingerprint density at radius 3 is 0.841 bits per heavy atom. The third-order valence-corrected chi connectivity index (χ3v) is 16.0. The van der Waals surface area contributed by atoms with Gasteiger partial charge in [0.2, 0.25) is 11.9 Å². The lowest BCUT2D eigenvalue weighted by atomic mass is 10.1. The van der Waals surface area contributed by atoms with Gasteiger partial charge in [-0.3, -0.25) is 9.13 Å². The highest BCUT2D eigenvalue weighted by Crippen LogP contribution is 2.73. The third-order valence-electron chi connectivity index (χ3n) is 12.1. The zero-order valence-electron chi connectivity index (χ0n) is 34.0. The zero-order valence-corrected chi connectivity index (χ0v) is 34.8. The molecule has 0 unspecified atom stereocenters. The van der Waals surface area contributed by atoms with Gasteiger partial charge in [-0.25, -0.2) is 19.9 Å². The van der Waals surface area contributed by atoms with Crippen LogP contribution in [0.15, 0.2) is 251 Å². The van der Waals surface area contributed by atoms with E-state index >= 15 is 0 Å². The summed E-state index contributed by atoms with van der Waals surface area (Å²) in [6.45, 7) is 0. The van der Waals surface area contributed by atoms with Crippen LogP contribution in [0.5, 0.6) is 0 Å². The first-order chi connectivity index (χ1) is 31.3. The number of rotatable bonds is 8. The van der Waals surface area contributed by atoms with E-state index in [2.05, 4.69) is 215 Å². The molecule has 298 valence electrons. The van der Waals surface area contributed by atoms with Crippen LogP contribution in [0.1, 0.15) is 0 Å². The molecule has 0 fully saturated rings. The molecular weight excluding hydrogens is 789 g/mol. The molecule has 4 heterocycles. The molecule has 12 rings (SSSR count). The molecular formula is C56H38N6S. The highest BCUT2D eigenvalue weighted by molar-refractivity contribution is 8.34. The van der Waals surface area contributed by atoms with Gasteiger partial charge in [0.25, 0.3) is 0 Å². The molecule has 4 aromatic heterocycles. The second-order valence-corrected chi connectivity index (χ2v) is 18.7. The van der Waals surface area contributed by atoms with Gasteiger partial charge in [-0.1, -0.05) is 133 Å². The highest BCUT2D eigenvalue weighted by atomic mass is 32.3. The Balaban J connectivity index is 0.916. The predicted octanol–water partition coefficient (Wildman–Crippen LogP) is 14.1. The number of aromatic nitrogens is 6. The van der Waals surface area contributed by atoms with Crippen molar-refractivity contribution in [2.24, 2.45) is 0 Å². The smallest absolute Gasteiger partial charge is 0.234 e. The number of nitrogens with zero attached hydrogens (tertiary/aromatic N) is 6. The molecule has 0 saturated heterocycles. The van der Waals surface area contributed by atoms with Gasteiger partial charge in [0, 0.05) is 77.0 Å². The molecule has 6 nitrogen and oxygen atoms in total. The maximum absolute atomic E-state index is 4.93. The lowest BCUT2D eigenvalue weighted by Crippen LogP contribution is -2.05. The fourth-order valence-corrected chi connectivity index (χ4v) is 13.1. The van der Waals surface area contributed by atoms with Crippen LogP contribution < -0.4 is 0 Å². The van der Waals surface area contributed by atoms with Crippen molar-refractivity contribution in [2.75, 3.05) is 0 Å². The largest absolute Gasteiger partial charge is 0.278 e. The van der Waals surface area contributed by atoms with Crippen LogP contribution >= 0.6 is 10.0 Å². The van der Waals surface area contributed by atoms with Gasteiger partial charge in [0.15, 0.2) is 0 Å². The van der Waals surface area contributed by atoms with Gasteiger partial charge < -0.3 is 0 Å². The minimum absolute atomic E-state index is 0.651. The third kappa shape index (κ3) is 5.97. The summed E-state index contributed by atoms with van der Waals surface area (Å²) in [7, 11) is -1.93. The van der Waals surface area contributed by atoms with E-state index in [0.717, 1.165) is 44.3 Å². The molecule has 7 heteroatoms. The van der Waals surface area contributed by atoms with E-state index in [0.29, 0.717) is 11.9 Å². The van der Waals surface area contributed by atoms with Gasteiger partial charge in [0.05, 0.1) is 22.1 Å². The summed E-state index contributed by atoms with van der Waals surface area (Å²) in [5, 5.41) is 4.75. The molecule has 12 aromatic rings. The Bertz CT molecular complexity index is 3230. The maximum Gasteiger partial charge on any atom is 0.234 e. The first-order valence-electron chi connectivity index (χ1n) is 21.0. The summed E-state index contributed by atoms with van der Waals surface area (Å²) >= 11 is 0. The van der Waals surface area contributed by atoms with E-state index in [9.17, 15) is 0 Å². The summed E-state index contributed by atoms with van der Waals surface area (Å²) < 4.78 is 4.30. The van der Waals surface area contributed by atoms with Crippen molar-refractivity contribution in [3.8, 4) is 34.2 Å². The van der Waals surface area contributed by atoms with E-state index in [4.69, 9.17) is 19.9 Å². The van der Waals surface area contributed by atoms with E-state index < -0.39 is 10.0 Å². The Labute approximate surface area is 365 Å². The molecule has 0 aliphatic carbocycles. The lowest BCUT2D eigenvalue weighted by Gasteiger charge is -2.42. The predicted molar refractivity (Wildman–Crippen MR) is 257 cm³/mol. The SMILES string of the molecule is c1ccc(S(c2ccccc2)(c2ccc(-c3cnc(-n4c5ccccc5c5ccccc54)nc3)cc2)c2ccc(-c3cnc(-n4c5ccccc5c5ccccc54)nc3)cc2)cc1. The molecule has 0 aliphatic heterocycles. The summed E-state index contributed by atoms with van der Waals surface area (Å²) in [6.07, 6.45) is 7.75. The summed E-state index contributed by atoms with van der Waals surface area (Å²) in [5.74, 6) is 1.30. The van der Waals surface area contributed by atoms with E-state index in [-0.39, 0.29) is 0 Å². The average molecular weight is 827 g/mol. The number of para-hydroxylation sites is 4. The lowest BCUT2D eigenvalue weighted by molar-refractivity contribution is 0.990. The average Bonchev–Trinajstić information content (AvgIpc) is 3.89. The van der Waals surface area contributed by atoms with Gasteiger partial charge in [0.1, 0.15) is 0 Å². The summed E-state index contributed by atoms with van der Waals surface area (Å²) in [6, 6.07) is 73.6. The molecule has 0 atom stereocenters. The second-order valence-electron chi connectivity index (χ2n) is 15.6. The van der Waals surface area contributed by atoms with Crippen LogP contribution in [0, 0.1) is 0 Å². The van der Waals surface area contributed by atoms with Crippen molar-refractivity contribution in [1.29, 1.82) is 0 Å². The molecule has 63 heavy (non-hydrogen) atoms. The first-order valence-corrected chi connectivity index (χ1v) is 22.6. The summed E-state index contributed by atoms with van der Waals surface area (Å²) in [4.78, 5) is 24.7. The van der Waals surface area contributed by atoms with Crippen molar-refractivity contribution in [2.45, 2.75) is 19.6 Å². The van der Waals surface area contributed by atoms with Crippen LogP contribution in [-0.2, 0) is 0 Å². The highest BCUT2D eigenvalue weighted by Gasteiger charge is 2.33. The van der Waals surface area contributed by atoms with Crippen molar-refractivity contribution >= 4 is 53.6 Å². The van der Waals surface area contributed by atoms with Gasteiger partial charge in [-0.15, -0.1) is 10.0 Å². The first kappa shape index (κ1) is 36.7. The fourth-order valence-electron chi connectivity index (χ4n) is 9.22. The van der Waals surface area contributed by atoms with Crippen molar-refractivity contribution in [1.82, 2.24) is 29.1 Å². The van der Waals surface area contributed by atoms with Gasteiger partial charge in [-0.05, 0) is 83.9 Å². The number of fused-ring (bicyclic) bond motifs is 6. The Kier molecular flexibility index (Phi) is 8.79. The topological polar surface area (TPSA) is 61.4 Å². The number of hydrogen-bond donors (Lipinski definition) is 0. The minimum atomic E-state index is -1.93. The quantitative estimate of drug-likeness (QED) is 0.153. The van der Waals surface area contributed by atoms with Gasteiger partial charge in [-0.2, -0.15) is 0 Å². The molecule has 0 radical (unpaired) electrons. The molecule has 0 aliphatic rings. The van der Waals surface area contributed by atoms with E-state index in [1.807, 2.05) is 24.8 Å². The molecule has 8 aromatic carbocycles. The molecule has 0 bridgehead atoms. The standard InChI is InChI=1S/C56H38N6S/c1-3-15-43(16-4-1)63(44-17-5-2-6-18-44,45-31-27-39(28-32-45)41-35-57-55(58-36-41)61-51-23-11-7-19-47(51)48-20-8-12-24-52(48)61)46-33-29-40(30-34-46)42-37-59-56(60-38-42)62-53-25-13-9-21-49(53)50-22-10-14-26-54(50)62/h1-38H. The normalized spacial score (nSPS) is 12.1. The molecule has 0 N–H and O–H groups in total. The number of hydrogen-bond acceptors (Lipinski definition) is 4. The van der Waals surface area contributed by atoms with Crippen LogP contribution in [0.3, 0.4) is 0 Å². The van der Waals surface area contributed by atoms with Crippen molar-refractivity contribution < 1.29 is 0 Å². The molecule has 0 saturated carbocycles. The zero-order chi connectivity index (χ0) is 41.7. The van der Waals surface area contributed by atoms with Crippen LogP contribution in [0.25, 0.3) is 77.8 Å². The van der Waals surface area contributed by atoms with Crippen molar-refractivity contribution in [3.05, 3.63) is 231 Å². The summed E-state index contributed by atoms with van der Waals surface area (Å²) in [5.41, 5.74) is 8.39. The van der Waals surface area contributed by atoms with Gasteiger partial charge >= 0.3 is 0 Å².